The molecule has 0 saturated carbocycles. The SMILES string of the molecule is Cc1cccc(C2COC3(CCN(C(=O)Nc4onc(C)c4C)CC3)C2)c1. The lowest BCUT2D eigenvalue weighted by Crippen LogP contribution is -2.47. The lowest BCUT2D eigenvalue weighted by molar-refractivity contribution is -0.0355. The first kappa shape index (κ1) is 18.0. The first-order valence-corrected chi connectivity index (χ1v) is 9.65. The molecule has 1 unspecified atom stereocenters. The van der Waals surface area contributed by atoms with Crippen molar-refractivity contribution in [2.45, 2.75) is 51.6 Å². The molecule has 2 amide bonds. The third kappa shape index (κ3) is 3.58. The quantitative estimate of drug-likeness (QED) is 0.863. The van der Waals surface area contributed by atoms with Gasteiger partial charge in [0.05, 0.1) is 17.9 Å². The number of aryl methyl sites for hydroxylation is 2. The van der Waals surface area contributed by atoms with Crippen LogP contribution in [-0.4, -0.2) is 41.4 Å². The second-order valence-corrected chi connectivity index (χ2v) is 7.95. The average Bonchev–Trinajstić information content (AvgIpc) is 3.21. The maximum Gasteiger partial charge on any atom is 0.324 e. The zero-order valence-corrected chi connectivity index (χ0v) is 16.2. The molecule has 2 fully saturated rings. The van der Waals surface area contributed by atoms with Crippen LogP contribution in [0.4, 0.5) is 10.7 Å². The standard InChI is InChI=1S/C21H27N3O3/c1-14-5-4-6-17(11-14)18-12-21(26-13-18)7-9-24(10-8-21)20(25)22-19-15(2)16(3)23-27-19/h4-6,11,18H,7-10,12-13H2,1-3H3,(H,22,25). The van der Waals surface area contributed by atoms with Gasteiger partial charge < -0.3 is 14.2 Å². The van der Waals surface area contributed by atoms with Crippen LogP contribution in [0.25, 0.3) is 0 Å². The number of nitrogens with zero attached hydrogens (tertiary/aromatic N) is 2. The third-order valence-electron chi connectivity index (χ3n) is 6.06. The highest BCUT2D eigenvalue weighted by atomic mass is 16.5. The first-order valence-electron chi connectivity index (χ1n) is 9.65. The number of likely N-dealkylation sites (tertiary alicyclic amines) is 1. The summed E-state index contributed by atoms with van der Waals surface area (Å²) in [7, 11) is 0. The predicted molar refractivity (Wildman–Crippen MR) is 103 cm³/mol. The molecule has 1 atom stereocenters. The van der Waals surface area contributed by atoms with E-state index in [2.05, 4.69) is 41.7 Å². The van der Waals surface area contributed by atoms with Gasteiger partial charge in [0.2, 0.25) is 5.88 Å². The van der Waals surface area contributed by atoms with Crippen molar-refractivity contribution < 1.29 is 14.1 Å². The van der Waals surface area contributed by atoms with Crippen molar-refractivity contribution in [2.24, 2.45) is 0 Å². The van der Waals surface area contributed by atoms with Crippen molar-refractivity contribution >= 4 is 11.9 Å². The number of hydrogen-bond donors (Lipinski definition) is 1. The van der Waals surface area contributed by atoms with Crippen molar-refractivity contribution in [1.29, 1.82) is 0 Å². The second-order valence-electron chi connectivity index (χ2n) is 7.95. The van der Waals surface area contributed by atoms with Crippen LogP contribution in [0.3, 0.4) is 0 Å². The van der Waals surface area contributed by atoms with Crippen LogP contribution in [0, 0.1) is 20.8 Å². The molecule has 144 valence electrons. The molecule has 2 saturated heterocycles. The lowest BCUT2D eigenvalue weighted by atomic mass is 9.83. The van der Waals surface area contributed by atoms with Crippen LogP contribution in [0.15, 0.2) is 28.8 Å². The van der Waals surface area contributed by atoms with Crippen LogP contribution in [0.2, 0.25) is 0 Å². The monoisotopic (exact) mass is 369 g/mol. The van der Waals surface area contributed by atoms with Gasteiger partial charge in [-0.25, -0.2) is 4.79 Å². The van der Waals surface area contributed by atoms with E-state index in [1.165, 1.54) is 11.1 Å². The van der Waals surface area contributed by atoms with E-state index < -0.39 is 0 Å². The van der Waals surface area contributed by atoms with E-state index in [9.17, 15) is 4.79 Å². The normalized spacial score (nSPS) is 21.6. The van der Waals surface area contributed by atoms with Gasteiger partial charge in [-0.05, 0) is 45.6 Å². The number of carbonyl (C=O) groups is 1. The number of urea groups is 1. The summed E-state index contributed by atoms with van der Waals surface area (Å²) >= 11 is 0. The number of rotatable bonds is 2. The van der Waals surface area contributed by atoms with Crippen molar-refractivity contribution in [3.05, 3.63) is 46.6 Å². The highest BCUT2D eigenvalue weighted by Gasteiger charge is 2.43. The summed E-state index contributed by atoms with van der Waals surface area (Å²) in [5.41, 5.74) is 4.23. The number of carbonyl (C=O) groups excluding carboxylic acids is 1. The predicted octanol–water partition coefficient (Wildman–Crippen LogP) is 4.17. The summed E-state index contributed by atoms with van der Waals surface area (Å²) in [5.74, 6) is 0.888. The maximum atomic E-state index is 12.5. The largest absolute Gasteiger partial charge is 0.374 e. The molecule has 4 rings (SSSR count). The molecular weight excluding hydrogens is 342 g/mol. The fourth-order valence-electron chi connectivity index (χ4n) is 4.16. The van der Waals surface area contributed by atoms with E-state index in [1.54, 1.807) is 0 Å². The van der Waals surface area contributed by atoms with Crippen molar-refractivity contribution in [3.8, 4) is 0 Å². The van der Waals surface area contributed by atoms with Gasteiger partial charge >= 0.3 is 6.03 Å². The Morgan fingerprint density at radius 2 is 2.04 bits per heavy atom. The Bertz CT molecular complexity index is 837. The molecule has 0 aliphatic carbocycles. The zero-order valence-electron chi connectivity index (χ0n) is 16.2. The van der Waals surface area contributed by atoms with E-state index in [4.69, 9.17) is 9.26 Å². The van der Waals surface area contributed by atoms with Crippen LogP contribution in [0.1, 0.15) is 47.6 Å². The van der Waals surface area contributed by atoms with Gasteiger partial charge in [-0.2, -0.15) is 0 Å². The number of hydrogen-bond acceptors (Lipinski definition) is 4. The summed E-state index contributed by atoms with van der Waals surface area (Å²) in [6.45, 7) is 8.04. The Kier molecular flexibility index (Phi) is 4.68. The number of nitrogens with one attached hydrogen (secondary N) is 1. The number of amides is 2. The third-order valence-corrected chi connectivity index (χ3v) is 6.06. The molecule has 1 N–H and O–H groups in total. The fourth-order valence-corrected chi connectivity index (χ4v) is 4.16. The number of aromatic nitrogens is 1. The Morgan fingerprint density at radius 1 is 1.26 bits per heavy atom. The van der Waals surface area contributed by atoms with Gasteiger partial charge in [-0.15, -0.1) is 0 Å². The second kappa shape index (κ2) is 7.00. The molecule has 2 aliphatic rings. The van der Waals surface area contributed by atoms with Crippen molar-refractivity contribution in [1.82, 2.24) is 10.1 Å². The van der Waals surface area contributed by atoms with Crippen LogP contribution < -0.4 is 5.32 Å². The van der Waals surface area contributed by atoms with E-state index in [0.29, 0.717) is 24.9 Å². The number of anilines is 1. The van der Waals surface area contributed by atoms with Crippen molar-refractivity contribution in [3.63, 3.8) is 0 Å². The molecule has 0 radical (unpaired) electrons. The molecule has 0 bridgehead atoms. The molecule has 1 aromatic heterocycles. The van der Waals surface area contributed by atoms with Gasteiger partial charge in [0.15, 0.2) is 0 Å². The average molecular weight is 369 g/mol. The molecule has 6 nitrogen and oxygen atoms in total. The van der Waals surface area contributed by atoms with E-state index in [0.717, 1.165) is 37.1 Å². The molecular formula is C21H27N3O3. The molecule has 1 aromatic carbocycles. The molecule has 2 aliphatic heterocycles. The van der Waals surface area contributed by atoms with Gasteiger partial charge in [0.25, 0.3) is 0 Å². The Morgan fingerprint density at radius 3 is 2.70 bits per heavy atom. The summed E-state index contributed by atoms with van der Waals surface area (Å²) < 4.78 is 11.5. The van der Waals surface area contributed by atoms with Gasteiger partial charge in [-0.3, -0.25) is 5.32 Å². The maximum absolute atomic E-state index is 12.5. The van der Waals surface area contributed by atoms with Gasteiger partial charge in [0, 0.05) is 24.6 Å². The minimum Gasteiger partial charge on any atom is -0.374 e. The topological polar surface area (TPSA) is 67.6 Å². The van der Waals surface area contributed by atoms with E-state index >= 15 is 0 Å². The minimum atomic E-state index is -0.127. The first-order chi connectivity index (χ1) is 13.0. The molecule has 27 heavy (non-hydrogen) atoms. The summed E-state index contributed by atoms with van der Waals surface area (Å²) in [6.07, 6.45) is 2.78. The zero-order chi connectivity index (χ0) is 19.0. The van der Waals surface area contributed by atoms with E-state index in [-0.39, 0.29) is 11.6 Å². The molecule has 6 heteroatoms. The Hall–Kier alpha value is -2.34. The molecule has 3 heterocycles. The Labute approximate surface area is 159 Å². The highest BCUT2D eigenvalue weighted by Crippen LogP contribution is 2.42. The van der Waals surface area contributed by atoms with Gasteiger partial charge in [0.1, 0.15) is 0 Å². The summed E-state index contributed by atoms with van der Waals surface area (Å²) in [5, 5.41) is 6.72. The summed E-state index contributed by atoms with van der Waals surface area (Å²) in [6, 6.07) is 8.58. The number of piperidine rings is 1. The number of ether oxygens (including phenoxy) is 1. The lowest BCUT2D eigenvalue weighted by Gasteiger charge is -2.38. The van der Waals surface area contributed by atoms with Crippen molar-refractivity contribution in [2.75, 3.05) is 25.0 Å². The summed E-state index contributed by atoms with van der Waals surface area (Å²) in [4.78, 5) is 14.4. The van der Waals surface area contributed by atoms with Crippen LogP contribution >= 0.6 is 0 Å². The number of benzene rings is 1. The Balaban J connectivity index is 1.35. The van der Waals surface area contributed by atoms with Gasteiger partial charge in [-0.1, -0.05) is 35.0 Å². The molecule has 1 spiro atoms. The minimum absolute atomic E-state index is 0.0933. The fraction of sp³-hybridized carbons (Fsp3) is 0.524. The highest BCUT2D eigenvalue weighted by molar-refractivity contribution is 5.88. The smallest absolute Gasteiger partial charge is 0.324 e. The molecule has 2 aromatic rings. The van der Waals surface area contributed by atoms with Crippen LogP contribution in [0.5, 0.6) is 0 Å². The van der Waals surface area contributed by atoms with Crippen LogP contribution in [-0.2, 0) is 4.74 Å². The van der Waals surface area contributed by atoms with E-state index in [1.807, 2.05) is 18.7 Å².